The van der Waals surface area contributed by atoms with Gasteiger partial charge in [-0.05, 0) is 39.5 Å². The molecular weight excluding hydrogens is 138 g/mol. The number of nitrogens with one attached hydrogen (secondary N) is 2. The lowest BCUT2D eigenvalue weighted by molar-refractivity contribution is 0.146. The van der Waals surface area contributed by atoms with Gasteiger partial charge in [0.1, 0.15) is 0 Å². The number of nitrogens with zero attached hydrogens (tertiary/aromatic N) is 1. The van der Waals surface area contributed by atoms with E-state index in [9.17, 15) is 0 Å². The van der Waals surface area contributed by atoms with Gasteiger partial charge >= 0.3 is 0 Å². The molecule has 0 amide bonds. The topological polar surface area (TPSA) is 27.3 Å². The Hall–Kier alpha value is -0.800. The zero-order valence-electron chi connectivity index (χ0n) is 7.26. The molecule has 2 N–H and O–H groups in total. The summed E-state index contributed by atoms with van der Waals surface area (Å²) >= 11 is 0. The molecule has 0 saturated heterocycles. The Morgan fingerprint density at radius 2 is 2.09 bits per heavy atom. The van der Waals surface area contributed by atoms with E-state index in [2.05, 4.69) is 21.6 Å². The zero-order valence-corrected chi connectivity index (χ0v) is 7.26. The quantitative estimate of drug-likeness (QED) is 0.551. The lowest BCUT2D eigenvalue weighted by atomic mass is 10.2. The summed E-state index contributed by atoms with van der Waals surface area (Å²) in [7, 11) is 5.97. The van der Waals surface area contributed by atoms with E-state index >= 15 is 0 Å². The summed E-state index contributed by atoms with van der Waals surface area (Å²) in [6.07, 6.45) is 8.00. The van der Waals surface area contributed by atoms with Gasteiger partial charge in [-0.1, -0.05) is 6.08 Å². The van der Waals surface area contributed by atoms with Crippen molar-refractivity contribution in [1.29, 1.82) is 0 Å². The molecule has 1 rings (SSSR count). The van der Waals surface area contributed by atoms with Crippen LogP contribution in [0.15, 0.2) is 24.4 Å². The minimum absolute atomic E-state index is 0.214. The summed E-state index contributed by atoms with van der Waals surface area (Å²) in [5.74, 6) is -0.214. The Morgan fingerprint density at radius 3 is 2.36 bits per heavy atom. The maximum Gasteiger partial charge on any atom is 0.165 e. The molecule has 0 spiro atoms. The molecule has 0 saturated carbocycles. The molecule has 1 aliphatic heterocycles. The zero-order chi connectivity index (χ0) is 8.32. The van der Waals surface area contributed by atoms with Gasteiger partial charge in [-0.15, -0.1) is 0 Å². The van der Waals surface area contributed by atoms with Crippen LogP contribution in [0, 0.1) is 0 Å². The van der Waals surface area contributed by atoms with Gasteiger partial charge < -0.3 is 5.32 Å². The van der Waals surface area contributed by atoms with Crippen LogP contribution in [0.25, 0.3) is 0 Å². The molecule has 3 nitrogen and oxygen atoms in total. The average molecular weight is 153 g/mol. The molecule has 1 heterocycles. The predicted molar refractivity (Wildman–Crippen MR) is 46.9 cm³/mol. The second-order valence-electron chi connectivity index (χ2n) is 2.77. The predicted octanol–water partition coefficient (Wildman–Crippen LogP) is 0.0943. The van der Waals surface area contributed by atoms with Crippen molar-refractivity contribution in [1.82, 2.24) is 15.5 Å². The van der Waals surface area contributed by atoms with Gasteiger partial charge in [-0.2, -0.15) is 0 Å². The minimum Gasteiger partial charge on any atom is -0.358 e. The fraction of sp³-hybridized carbons (Fsp3) is 0.500. The summed E-state index contributed by atoms with van der Waals surface area (Å²) in [6, 6.07) is 0. The number of likely N-dealkylation sites (N-methyl/N-ethyl adjacent to an activating group) is 2. The first-order chi connectivity index (χ1) is 5.21. The fourth-order valence-electron chi connectivity index (χ4n) is 1.13. The van der Waals surface area contributed by atoms with Crippen LogP contribution in [-0.2, 0) is 0 Å². The second-order valence-corrected chi connectivity index (χ2v) is 2.77. The highest BCUT2D eigenvalue weighted by molar-refractivity contribution is 5.17. The summed E-state index contributed by atoms with van der Waals surface area (Å²) in [5, 5.41) is 6.42. The van der Waals surface area contributed by atoms with Crippen molar-refractivity contribution in [2.75, 3.05) is 21.1 Å². The molecule has 0 aromatic heterocycles. The third kappa shape index (κ3) is 1.44. The molecule has 0 aromatic carbocycles. The molecule has 0 fully saturated rings. The minimum atomic E-state index is -0.214. The molecule has 0 aliphatic carbocycles. The SMILES string of the molecule is CNC1(N(C)C)C=CC=CN1. The molecule has 3 heteroatoms. The van der Waals surface area contributed by atoms with Crippen LogP contribution >= 0.6 is 0 Å². The van der Waals surface area contributed by atoms with Crippen molar-refractivity contribution >= 4 is 0 Å². The molecular formula is C8H15N3. The van der Waals surface area contributed by atoms with E-state index in [0.29, 0.717) is 0 Å². The molecule has 1 atom stereocenters. The third-order valence-corrected chi connectivity index (χ3v) is 1.93. The largest absolute Gasteiger partial charge is 0.358 e. The van der Waals surface area contributed by atoms with Crippen LogP contribution < -0.4 is 10.6 Å². The van der Waals surface area contributed by atoms with Crippen LogP contribution in [-0.4, -0.2) is 31.8 Å². The molecule has 1 aliphatic rings. The normalized spacial score (nSPS) is 29.1. The van der Waals surface area contributed by atoms with Crippen molar-refractivity contribution in [3.63, 3.8) is 0 Å². The van der Waals surface area contributed by atoms with Gasteiger partial charge in [0, 0.05) is 0 Å². The van der Waals surface area contributed by atoms with Gasteiger partial charge in [-0.25, -0.2) is 0 Å². The highest BCUT2D eigenvalue weighted by atomic mass is 15.4. The smallest absolute Gasteiger partial charge is 0.165 e. The highest BCUT2D eigenvalue weighted by Gasteiger charge is 2.26. The van der Waals surface area contributed by atoms with E-state index in [0.717, 1.165) is 0 Å². The lowest BCUT2D eigenvalue weighted by Crippen LogP contribution is -2.62. The molecule has 0 aromatic rings. The van der Waals surface area contributed by atoms with E-state index in [1.54, 1.807) is 0 Å². The van der Waals surface area contributed by atoms with Crippen molar-refractivity contribution in [3.8, 4) is 0 Å². The van der Waals surface area contributed by atoms with Gasteiger partial charge in [0.15, 0.2) is 5.79 Å². The fourth-order valence-corrected chi connectivity index (χ4v) is 1.13. The summed E-state index contributed by atoms with van der Waals surface area (Å²) < 4.78 is 0. The van der Waals surface area contributed by atoms with E-state index < -0.39 is 0 Å². The standard InChI is InChI=1S/C8H15N3/c1-9-8(11(2)3)6-4-5-7-10-8/h4-7,9-10H,1-3H3. The van der Waals surface area contributed by atoms with Crippen LogP contribution in [0.2, 0.25) is 0 Å². The summed E-state index contributed by atoms with van der Waals surface area (Å²) in [4.78, 5) is 2.08. The van der Waals surface area contributed by atoms with E-state index in [1.807, 2.05) is 39.5 Å². The number of hydrogen-bond acceptors (Lipinski definition) is 3. The van der Waals surface area contributed by atoms with Gasteiger partial charge in [0.2, 0.25) is 0 Å². The maximum atomic E-state index is 3.23. The van der Waals surface area contributed by atoms with E-state index in [1.165, 1.54) is 0 Å². The number of rotatable bonds is 2. The Balaban J connectivity index is 2.77. The Bertz CT molecular complexity index is 184. The Morgan fingerprint density at radius 1 is 1.36 bits per heavy atom. The summed E-state index contributed by atoms with van der Waals surface area (Å²) in [6.45, 7) is 0. The van der Waals surface area contributed by atoms with Crippen molar-refractivity contribution < 1.29 is 0 Å². The Kier molecular flexibility index (Phi) is 2.31. The number of allylic oxidation sites excluding steroid dienone is 2. The highest BCUT2D eigenvalue weighted by Crippen LogP contribution is 2.08. The average Bonchev–Trinajstić information content (AvgIpc) is 2.05. The first-order valence-electron chi connectivity index (χ1n) is 3.70. The number of hydrogen-bond donors (Lipinski definition) is 2. The third-order valence-electron chi connectivity index (χ3n) is 1.93. The van der Waals surface area contributed by atoms with Gasteiger partial charge in [-0.3, -0.25) is 10.2 Å². The summed E-state index contributed by atoms with van der Waals surface area (Å²) in [5.41, 5.74) is 0. The molecule has 11 heavy (non-hydrogen) atoms. The molecule has 0 radical (unpaired) electrons. The van der Waals surface area contributed by atoms with Crippen molar-refractivity contribution in [3.05, 3.63) is 24.4 Å². The first-order valence-corrected chi connectivity index (χ1v) is 3.70. The molecule has 0 bridgehead atoms. The van der Waals surface area contributed by atoms with Crippen LogP contribution in [0.5, 0.6) is 0 Å². The monoisotopic (exact) mass is 153 g/mol. The second kappa shape index (κ2) is 3.07. The van der Waals surface area contributed by atoms with Crippen molar-refractivity contribution in [2.45, 2.75) is 5.79 Å². The van der Waals surface area contributed by atoms with E-state index in [-0.39, 0.29) is 5.79 Å². The number of dihydropyridines is 1. The van der Waals surface area contributed by atoms with Gasteiger partial charge in [0.25, 0.3) is 0 Å². The van der Waals surface area contributed by atoms with Crippen LogP contribution in [0.4, 0.5) is 0 Å². The molecule has 1 unspecified atom stereocenters. The maximum absolute atomic E-state index is 3.23. The molecule has 62 valence electrons. The van der Waals surface area contributed by atoms with E-state index in [4.69, 9.17) is 0 Å². The van der Waals surface area contributed by atoms with Crippen LogP contribution in [0.3, 0.4) is 0 Å². The van der Waals surface area contributed by atoms with Gasteiger partial charge in [0.05, 0.1) is 0 Å². The van der Waals surface area contributed by atoms with Crippen LogP contribution in [0.1, 0.15) is 0 Å². The van der Waals surface area contributed by atoms with Crippen molar-refractivity contribution in [2.24, 2.45) is 0 Å². The lowest BCUT2D eigenvalue weighted by Gasteiger charge is -2.38. The Labute approximate surface area is 67.8 Å². The first kappa shape index (κ1) is 8.30.